The van der Waals surface area contributed by atoms with Gasteiger partial charge in [0.15, 0.2) is 5.96 Å². The highest BCUT2D eigenvalue weighted by Gasteiger charge is 2.08. The second kappa shape index (κ2) is 10.5. The number of guanidine groups is 1. The maximum absolute atomic E-state index is 13.7. The van der Waals surface area contributed by atoms with E-state index in [4.69, 9.17) is 9.47 Å². The van der Waals surface area contributed by atoms with Crippen molar-refractivity contribution >= 4 is 5.96 Å². The molecule has 0 radical (unpaired) electrons. The van der Waals surface area contributed by atoms with Crippen LogP contribution in [-0.2, 0) is 17.9 Å². The van der Waals surface area contributed by atoms with Gasteiger partial charge in [0, 0.05) is 33.3 Å². The van der Waals surface area contributed by atoms with Crippen LogP contribution < -0.4 is 10.1 Å². The average Bonchev–Trinajstić information content (AvgIpc) is 2.66. The van der Waals surface area contributed by atoms with Gasteiger partial charge in [-0.1, -0.05) is 6.07 Å². The minimum absolute atomic E-state index is 0.231. The minimum atomic E-state index is -0.293. The van der Waals surface area contributed by atoms with Crippen LogP contribution in [0.4, 0.5) is 8.78 Å². The molecule has 2 rings (SSSR count). The summed E-state index contributed by atoms with van der Waals surface area (Å²) in [5.74, 6) is 0.735. The lowest BCUT2D eigenvalue weighted by molar-refractivity contribution is 0.181. The summed E-state index contributed by atoms with van der Waals surface area (Å²) in [7, 11) is 5.13. The standard InChI is InChI=1S/C20H25F2N3O2/c1-23-20(24-13-15-4-9-19(22)16(12-15)14-26-3)25(2)10-11-27-18-7-5-17(21)6-8-18/h4-9,12H,10-11,13-14H2,1-3H3,(H,23,24). The number of likely N-dealkylation sites (N-methyl/N-ethyl adjacent to an activating group) is 1. The SMILES string of the molecule is CN=C(NCc1ccc(F)c(COC)c1)N(C)CCOc1ccc(F)cc1. The topological polar surface area (TPSA) is 46.1 Å². The van der Waals surface area contributed by atoms with Gasteiger partial charge in [0.2, 0.25) is 0 Å². The molecular formula is C20H25F2N3O2. The van der Waals surface area contributed by atoms with Crippen molar-refractivity contribution in [2.75, 3.05) is 34.4 Å². The molecule has 0 spiro atoms. The predicted octanol–water partition coefficient (Wildman–Crippen LogP) is 3.20. The smallest absolute Gasteiger partial charge is 0.193 e. The van der Waals surface area contributed by atoms with Crippen molar-refractivity contribution in [3.63, 3.8) is 0 Å². The lowest BCUT2D eigenvalue weighted by Gasteiger charge is -2.22. The van der Waals surface area contributed by atoms with Gasteiger partial charge in [0.1, 0.15) is 24.0 Å². The molecule has 0 aliphatic rings. The number of nitrogens with one attached hydrogen (secondary N) is 1. The van der Waals surface area contributed by atoms with Crippen molar-refractivity contribution in [1.29, 1.82) is 0 Å². The van der Waals surface area contributed by atoms with E-state index in [2.05, 4.69) is 10.3 Å². The quantitative estimate of drug-likeness (QED) is 0.567. The lowest BCUT2D eigenvalue weighted by Crippen LogP contribution is -2.40. The highest BCUT2D eigenvalue weighted by Crippen LogP contribution is 2.12. The van der Waals surface area contributed by atoms with Crippen LogP contribution >= 0.6 is 0 Å². The number of ether oxygens (including phenoxy) is 2. The highest BCUT2D eigenvalue weighted by atomic mass is 19.1. The fourth-order valence-corrected chi connectivity index (χ4v) is 2.51. The average molecular weight is 377 g/mol. The van der Waals surface area contributed by atoms with Crippen LogP contribution in [0.1, 0.15) is 11.1 Å². The van der Waals surface area contributed by atoms with Crippen LogP contribution in [0.25, 0.3) is 0 Å². The largest absolute Gasteiger partial charge is 0.492 e. The van der Waals surface area contributed by atoms with E-state index in [9.17, 15) is 8.78 Å². The second-order valence-electron chi connectivity index (χ2n) is 5.98. The van der Waals surface area contributed by atoms with Crippen LogP contribution in [0.2, 0.25) is 0 Å². The van der Waals surface area contributed by atoms with Crippen molar-refractivity contribution in [1.82, 2.24) is 10.2 Å². The van der Waals surface area contributed by atoms with Crippen molar-refractivity contribution in [3.8, 4) is 5.75 Å². The van der Waals surface area contributed by atoms with E-state index < -0.39 is 0 Å². The first-order chi connectivity index (χ1) is 13.0. The number of hydrogen-bond acceptors (Lipinski definition) is 3. The Morgan fingerprint density at radius 1 is 1.15 bits per heavy atom. The zero-order valence-electron chi connectivity index (χ0n) is 15.8. The van der Waals surface area contributed by atoms with E-state index in [1.54, 1.807) is 31.3 Å². The number of nitrogens with zero attached hydrogens (tertiary/aromatic N) is 2. The molecule has 2 aromatic carbocycles. The summed E-state index contributed by atoms with van der Waals surface area (Å²) in [5, 5.41) is 3.24. The molecule has 0 saturated carbocycles. The number of aliphatic imine (C=N–C) groups is 1. The Morgan fingerprint density at radius 3 is 2.56 bits per heavy atom. The summed E-state index contributed by atoms with van der Waals surface area (Å²) in [6, 6.07) is 10.8. The van der Waals surface area contributed by atoms with Gasteiger partial charge < -0.3 is 19.7 Å². The van der Waals surface area contributed by atoms with E-state index in [0.717, 1.165) is 5.56 Å². The van der Waals surface area contributed by atoms with Gasteiger partial charge in [-0.15, -0.1) is 0 Å². The normalized spacial score (nSPS) is 11.4. The molecule has 27 heavy (non-hydrogen) atoms. The summed E-state index contributed by atoms with van der Waals surface area (Å²) in [4.78, 5) is 6.16. The molecule has 0 aliphatic heterocycles. The molecule has 7 heteroatoms. The third-order valence-corrected chi connectivity index (χ3v) is 3.94. The van der Waals surface area contributed by atoms with Gasteiger partial charge in [0.05, 0.1) is 13.2 Å². The third kappa shape index (κ3) is 6.53. The number of halogens is 2. The van der Waals surface area contributed by atoms with Gasteiger partial charge in [-0.05, 0) is 42.0 Å². The Balaban J connectivity index is 1.83. The third-order valence-electron chi connectivity index (χ3n) is 3.94. The minimum Gasteiger partial charge on any atom is -0.492 e. The van der Waals surface area contributed by atoms with Gasteiger partial charge in [-0.3, -0.25) is 4.99 Å². The molecular weight excluding hydrogens is 352 g/mol. The maximum Gasteiger partial charge on any atom is 0.193 e. The zero-order valence-corrected chi connectivity index (χ0v) is 15.8. The Labute approximate surface area is 158 Å². The van der Waals surface area contributed by atoms with Crippen LogP contribution in [0.3, 0.4) is 0 Å². The van der Waals surface area contributed by atoms with Gasteiger partial charge in [-0.2, -0.15) is 0 Å². The van der Waals surface area contributed by atoms with Gasteiger partial charge in [-0.25, -0.2) is 8.78 Å². The molecule has 0 saturated heterocycles. The van der Waals surface area contributed by atoms with E-state index in [0.29, 0.717) is 37.0 Å². The summed E-state index contributed by atoms with van der Waals surface area (Å²) in [6.45, 7) is 1.76. The molecule has 0 aromatic heterocycles. The lowest BCUT2D eigenvalue weighted by atomic mass is 10.1. The number of rotatable bonds is 8. The first-order valence-corrected chi connectivity index (χ1v) is 8.60. The van der Waals surface area contributed by atoms with Crippen LogP contribution in [0.15, 0.2) is 47.5 Å². The molecule has 0 bridgehead atoms. The highest BCUT2D eigenvalue weighted by molar-refractivity contribution is 5.79. The number of hydrogen-bond donors (Lipinski definition) is 1. The van der Waals surface area contributed by atoms with E-state index in [1.807, 2.05) is 11.9 Å². The molecule has 2 aromatic rings. The van der Waals surface area contributed by atoms with Crippen molar-refractivity contribution in [2.45, 2.75) is 13.2 Å². The Hall–Kier alpha value is -2.67. The maximum atomic E-state index is 13.7. The molecule has 146 valence electrons. The molecule has 1 N–H and O–H groups in total. The fraction of sp³-hybridized carbons (Fsp3) is 0.350. The molecule has 0 atom stereocenters. The summed E-state index contributed by atoms with van der Waals surface area (Å²) < 4.78 is 37.2. The number of methoxy groups -OCH3 is 1. The summed E-state index contributed by atoms with van der Waals surface area (Å²) in [6.07, 6.45) is 0. The van der Waals surface area contributed by atoms with Gasteiger partial charge in [0.25, 0.3) is 0 Å². The Kier molecular flexibility index (Phi) is 8.00. The fourth-order valence-electron chi connectivity index (χ4n) is 2.51. The van der Waals surface area contributed by atoms with E-state index in [-0.39, 0.29) is 18.2 Å². The first-order valence-electron chi connectivity index (χ1n) is 8.60. The van der Waals surface area contributed by atoms with Crippen LogP contribution in [-0.4, -0.2) is 45.2 Å². The van der Waals surface area contributed by atoms with Gasteiger partial charge >= 0.3 is 0 Å². The van der Waals surface area contributed by atoms with Crippen molar-refractivity contribution in [3.05, 3.63) is 65.2 Å². The summed E-state index contributed by atoms with van der Waals surface area (Å²) in [5.41, 5.74) is 1.45. The van der Waals surface area contributed by atoms with Crippen LogP contribution in [0, 0.1) is 11.6 Å². The molecule has 0 amide bonds. The summed E-state index contributed by atoms with van der Waals surface area (Å²) >= 11 is 0. The molecule has 0 heterocycles. The Morgan fingerprint density at radius 2 is 1.89 bits per heavy atom. The first kappa shape index (κ1) is 20.6. The molecule has 0 aliphatic carbocycles. The van der Waals surface area contributed by atoms with Crippen molar-refractivity contribution < 1.29 is 18.3 Å². The monoisotopic (exact) mass is 377 g/mol. The molecule has 5 nitrogen and oxygen atoms in total. The zero-order chi connectivity index (χ0) is 19.6. The second-order valence-corrected chi connectivity index (χ2v) is 5.98. The predicted molar refractivity (Wildman–Crippen MR) is 102 cm³/mol. The van der Waals surface area contributed by atoms with E-state index in [1.165, 1.54) is 25.3 Å². The van der Waals surface area contributed by atoms with Crippen LogP contribution in [0.5, 0.6) is 5.75 Å². The molecule has 0 unspecified atom stereocenters. The van der Waals surface area contributed by atoms with E-state index >= 15 is 0 Å². The Bertz CT molecular complexity index is 751. The van der Waals surface area contributed by atoms with Crippen molar-refractivity contribution in [2.24, 2.45) is 4.99 Å². The molecule has 0 fully saturated rings. The number of benzene rings is 2.